The summed E-state index contributed by atoms with van der Waals surface area (Å²) in [4.78, 5) is 13.0. The molecule has 132 valence electrons. The first kappa shape index (κ1) is 16.6. The number of sulfone groups is 1. The molecule has 2 aromatic rings. The summed E-state index contributed by atoms with van der Waals surface area (Å²) < 4.78 is 30.1. The number of ketones is 1. The molecule has 2 heterocycles. The van der Waals surface area contributed by atoms with Crippen molar-refractivity contribution in [1.82, 2.24) is 0 Å². The van der Waals surface area contributed by atoms with Crippen molar-refractivity contribution in [3.05, 3.63) is 42.0 Å². The number of rotatable bonds is 3. The van der Waals surface area contributed by atoms with Crippen LogP contribution in [0.15, 0.2) is 36.4 Å². The minimum absolute atomic E-state index is 0.0875. The summed E-state index contributed by atoms with van der Waals surface area (Å²) in [5.74, 6) is 0.705. The molecule has 2 fully saturated rings. The number of benzene rings is 2. The number of carbonyl (C=O) groups is 1. The van der Waals surface area contributed by atoms with E-state index < -0.39 is 9.84 Å². The summed E-state index contributed by atoms with van der Waals surface area (Å²) in [7, 11) is -1.39. The van der Waals surface area contributed by atoms with Gasteiger partial charge in [-0.3, -0.25) is 4.79 Å². The Labute approximate surface area is 148 Å². The number of Topliss-reactive ketones (excluding diaryl/α,β-unsaturated/α-hetero) is 1. The highest BCUT2D eigenvalue weighted by molar-refractivity contribution is 7.92. The fraction of sp³-hybridized carbons (Fsp3) is 0.450. The third-order valence-corrected chi connectivity index (χ3v) is 8.49. The van der Waals surface area contributed by atoms with Crippen LogP contribution >= 0.6 is 0 Å². The van der Waals surface area contributed by atoms with Crippen LogP contribution in [0, 0.1) is 5.92 Å². The third-order valence-electron chi connectivity index (χ3n) is 5.78. The zero-order chi connectivity index (χ0) is 17.6. The van der Waals surface area contributed by atoms with E-state index in [1.807, 2.05) is 36.4 Å². The van der Waals surface area contributed by atoms with E-state index in [-0.39, 0.29) is 22.2 Å². The molecule has 0 spiro atoms. The van der Waals surface area contributed by atoms with Gasteiger partial charge in [-0.25, -0.2) is 8.42 Å². The molecule has 0 N–H and O–H groups in total. The standard InChI is InChI=1S/C20H22O4S/c1-24-17-8-7-13-9-15(6-5-14(13)10-17)20(21)16-11-18-3-2-4-19(12-16)25(18,22)23/h5-10,16,18-19H,2-4,11-12H2,1H3. The lowest BCUT2D eigenvalue weighted by Crippen LogP contribution is -2.45. The molecule has 0 amide bonds. The Bertz CT molecular complexity index is 912. The van der Waals surface area contributed by atoms with Gasteiger partial charge in [0.1, 0.15) is 5.75 Å². The van der Waals surface area contributed by atoms with Crippen molar-refractivity contribution in [2.75, 3.05) is 7.11 Å². The molecule has 4 nitrogen and oxygen atoms in total. The van der Waals surface area contributed by atoms with Crippen molar-refractivity contribution in [3.63, 3.8) is 0 Å². The summed E-state index contributed by atoms with van der Waals surface area (Å²) >= 11 is 0. The lowest BCUT2D eigenvalue weighted by atomic mass is 9.84. The highest BCUT2D eigenvalue weighted by atomic mass is 32.2. The van der Waals surface area contributed by atoms with Gasteiger partial charge < -0.3 is 4.74 Å². The Morgan fingerprint density at radius 1 is 1.00 bits per heavy atom. The number of hydrogen-bond acceptors (Lipinski definition) is 4. The molecular formula is C20H22O4S. The molecule has 2 aromatic carbocycles. The molecule has 2 aliphatic rings. The summed E-state index contributed by atoms with van der Waals surface area (Å²) in [5.41, 5.74) is 0.681. The molecule has 0 aliphatic carbocycles. The average Bonchev–Trinajstić information content (AvgIpc) is 2.59. The smallest absolute Gasteiger partial charge is 0.166 e. The number of hydrogen-bond donors (Lipinski definition) is 0. The number of ether oxygens (including phenoxy) is 1. The number of fused-ring (bicyclic) bond motifs is 3. The molecule has 4 rings (SSSR count). The maximum Gasteiger partial charge on any atom is 0.166 e. The first-order valence-electron chi connectivity index (χ1n) is 8.84. The average molecular weight is 358 g/mol. The highest BCUT2D eigenvalue weighted by Crippen LogP contribution is 2.40. The van der Waals surface area contributed by atoms with Crippen molar-refractivity contribution in [3.8, 4) is 5.75 Å². The highest BCUT2D eigenvalue weighted by Gasteiger charge is 2.46. The second kappa shape index (κ2) is 6.13. The van der Waals surface area contributed by atoms with Crippen LogP contribution < -0.4 is 4.74 Å². The largest absolute Gasteiger partial charge is 0.497 e. The Hall–Kier alpha value is -1.88. The monoisotopic (exact) mass is 358 g/mol. The normalized spacial score (nSPS) is 27.8. The molecular weight excluding hydrogens is 336 g/mol. The molecule has 0 aromatic heterocycles. The molecule has 25 heavy (non-hydrogen) atoms. The first-order chi connectivity index (χ1) is 12.0. The predicted molar refractivity (Wildman–Crippen MR) is 97.9 cm³/mol. The minimum Gasteiger partial charge on any atom is -0.497 e. The van der Waals surface area contributed by atoms with Crippen LogP contribution in [0.3, 0.4) is 0 Å². The van der Waals surface area contributed by atoms with E-state index in [1.54, 1.807) is 7.11 Å². The van der Waals surface area contributed by atoms with Gasteiger partial charge in [0, 0.05) is 11.5 Å². The van der Waals surface area contributed by atoms with Crippen LogP contribution in [0.25, 0.3) is 10.8 Å². The van der Waals surface area contributed by atoms with E-state index in [1.165, 1.54) is 0 Å². The second-order valence-electron chi connectivity index (χ2n) is 7.22. The van der Waals surface area contributed by atoms with Crippen molar-refractivity contribution >= 4 is 26.4 Å². The van der Waals surface area contributed by atoms with Gasteiger partial charge in [0.2, 0.25) is 0 Å². The van der Waals surface area contributed by atoms with Crippen LogP contribution in [-0.2, 0) is 9.84 Å². The van der Waals surface area contributed by atoms with E-state index >= 15 is 0 Å². The summed E-state index contributed by atoms with van der Waals surface area (Å²) in [6, 6.07) is 11.5. The van der Waals surface area contributed by atoms with Crippen LogP contribution in [0.2, 0.25) is 0 Å². The van der Waals surface area contributed by atoms with Gasteiger partial charge in [0.05, 0.1) is 17.6 Å². The van der Waals surface area contributed by atoms with E-state index in [0.29, 0.717) is 31.2 Å². The third kappa shape index (κ3) is 2.84. The summed E-state index contributed by atoms with van der Waals surface area (Å²) in [5, 5.41) is 1.38. The fourth-order valence-corrected chi connectivity index (χ4v) is 6.90. The van der Waals surface area contributed by atoms with E-state index in [0.717, 1.165) is 22.9 Å². The second-order valence-corrected chi connectivity index (χ2v) is 9.74. The Kier molecular flexibility index (Phi) is 4.07. The van der Waals surface area contributed by atoms with E-state index in [2.05, 4.69) is 0 Å². The van der Waals surface area contributed by atoms with Crippen LogP contribution in [0.4, 0.5) is 0 Å². The molecule has 2 aliphatic heterocycles. The molecule has 2 unspecified atom stereocenters. The van der Waals surface area contributed by atoms with Crippen LogP contribution in [0.5, 0.6) is 5.75 Å². The maximum atomic E-state index is 13.0. The number of methoxy groups -OCH3 is 1. The fourth-order valence-electron chi connectivity index (χ4n) is 4.36. The van der Waals surface area contributed by atoms with Crippen molar-refractivity contribution in [1.29, 1.82) is 0 Å². The van der Waals surface area contributed by atoms with Gasteiger partial charge in [-0.05, 0) is 54.7 Å². The predicted octanol–water partition coefficient (Wildman–Crippen LogP) is 3.78. The van der Waals surface area contributed by atoms with Gasteiger partial charge in [0.15, 0.2) is 15.6 Å². The Morgan fingerprint density at radius 3 is 2.32 bits per heavy atom. The Morgan fingerprint density at radius 2 is 1.64 bits per heavy atom. The molecule has 0 saturated carbocycles. The molecule has 0 radical (unpaired) electrons. The zero-order valence-corrected chi connectivity index (χ0v) is 15.1. The zero-order valence-electron chi connectivity index (χ0n) is 14.3. The minimum atomic E-state index is -3.02. The van der Waals surface area contributed by atoms with Gasteiger partial charge in [0.25, 0.3) is 0 Å². The Balaban J connectivity index is 1.62. The van der Waals surface area contributed by atoms with E-state index in [9.17, 15) is 13.2 Å². The molecule has 2 bridgehead atoms. The maximum absolute atomic E-state index is 13.0. The van der Waals surface area contributed by atoms with Crippen LogP contribution in [-0.4, -0.2) is 31.8 Å². The van der Waals surface area contributed by atoms with Crippen LogP contribution in [0.1, 0.15) is 42.5 Å². The molecule has 2 saturated heterocycles. The quantitative estimate of drug-likeness (QED) is 0.784. The van der Waals surface area contributed by atoms with Crippen molar-refractivity contribution < 1.29 is 17.9 Å². The van der Waals surface area contributed by atoms with Gasteiger partial charge >= 0.3 is 0 Å². The SMILES string of the molecule is COc1ccc2cc(C(=O)C3CC4CCCC(C3)S4(=O)=O)ccc2c1. The summed E-state index contributed by atoms with van der Waals surface area (Å²) in [6.07, 6.45) is 3.35. The van der Waals surface area contributed by atoms with Crippen molar-refractivity contribution in [2.24, 2.45) is 5.92 Å². The summed E-state index contributed by atoms with van der Waals surface area (Å²) in [6.45, 7) is 0. The van der Waals surface area contributed by atoms with Gasteiger partial charge in [-0.2, -0.15) is 0 Å². The van der Waals surface area contributed by atoms with E-state index in [4.69, 9.17) is 4.74 Å². The lowest BCUT2D eigenvalue weighted by Gasteiger charge is -2.38. The topological polar surface area (TPSA) is 60.4 Å². The van der Waals surface area contributed by atoms with Gasteiger partial charge in [-0.1, -0.05) is 24.6 Å². The van der Waals surface area contributed by atoms with Crippen molar-refractivity contribution in [2.45, 2.75) is 42.6 Å². The first-order valence-corrected chi connectivity index (χ1v) is 10.4. The number of carbonyl (C=O) groups excluding carboxylic acids is 1. The molecule has 2 atom stereocenters. The molecule has 5 heteroatoms. The van der Waals surface area contributed by atoms with Gasteiger partial charge in [-0.15, -0.1) is 0 Å². The lowest BCUT2D eigenvalue weighted by molar-refractivity contribution is 0.0894.